The van der Waals surface area contributed by atoms with Crippen LogP contribution in [0.2, 0.25) is 0 Å². The number of nitrogens with one attached hydrogen (secondary N) is 1. The molecule has 0 bridgehead atoms. The molecule has 0 amide bonds. The fourth-order valence-corrected chi connectivity index (χ4v) is 6.36. The van der Waals surface area contributed by atoms with Gasteiger partial charge in [-0.25, -0.2) is 4.79 Å². The summed E-state index contributed by atoms with van der Waals surface area (Å²) in [6.45, 7) is 1.81. The summed E-state index contributed by atoms with van der Waals surface area (Å²) in [5.74, 6) is -0.850. The van der Waals surface area contributed by atoms with E-state index >= 15 is 0 Å². The molecular weight excluding hydrogens is 494 g/mol. The highest BCUT2D eigenvalue weighted by molar-refractivity contribution is 6.04. The van der Waals surface area contributed by atoms with E-state index in [1.807, 2.05) is 31.2 Å². The highest BCUT2D eigenvalue weighted by atomic mass is 16.5. The predicted octanol–water partition coefficient (Wildman–Crippen LogP) is 5.65. The van der Waals surface area contributed by atoms with Gasteiger partial charge in [0.2, 0.25) is 0 Å². The van der Waals surface area contributed by atoms with E-state index in [0.29, 0.717) is 34.2 Å². The third-order valence-corrected chi connectivity index (χ3v) is 8.22. The van der Waals surface area contributed by atoms with Gasteiger partial charge in [0.05, 0.1) is 30.3 Å². The van der Waals surface area contributed by atoms with Crippen molar-refractivity contribution in [3.8, 4) is 5.75 Å². The first-order valence-corrected chi connectivity index (χ1v) is 13.5. The number of Topliss-reactive ketones (excluding diaryl/α,β-unsaturated/α-hetero) is 1. The Morgan fingerprint density at radius 3 is 2.51 bits per heavy atom. The summed E-state index contributed by atoms with van der Waals surface area (Å²) in [6, 6.07) is 14.7. The highest BCUT2D eigenvalue weighted by Crippen LogP contribution is 2.46. The van der Waals surface area contributed by atoms with Crippen molar-refractivity contribution in [2.75, 3.05) is 7.11 Å². The molecule has 3 aliphatic rings. The van der Waals surface area contributed by atoms with Gasteiger partial charge in [0.15, 0.2) is 11.2 Å². The van der Waals surface area contributed by atoms with Crippen LogP contribution in [0.15, 0.2) is 86.5 Å². The Bertz CT molecular complexity index is 1590. The van der Waals surface area contributed by atoms with Gasteiger partial charge in [-0.15, -0.1) is 0 Å². The van der Waals surface area contributed by atoms with Crippen LogP contribution in [0, 0.1) is 0 Å². The largest absolute Gasteiger partial charge is 0.496 e. The maximum absolute atomic E-state index is 13.9. The van der Waals surface area contributed by atoms with E-state index in [-0.39, 0.29) is 35.2 Å². The third kappa shape index (κ3) is 4.46. The maximum atomic E-state index is 13.9. The van der Waals surface area contributed by atoms with E-state index in [9.17, 15) is 14.4 Å². The molecule has 2 atom stereocenters. The predicted molar refractivity (Wildman–Crippen MR) is 146 cm³/mol. The Balaban J connectivity index is 1.47. The number of hydrogen-bond donors (Lipinski definition) is 1. The zero-order valence-corrected chi connectivity index (χ0v) is 22.1. The van der Waals surface area contributed by atoms with E-state index in [0.717, 1.165) is 42.7 Å². The molecule has 1 N–H and O–H groups in total. The van der Waals surface area contributed by atoms with Gasteiger partial charge >= 0.3 is 5.97 Å². The minimum Gasteiger partial charge on any atom is -0.496 e. The lowest BCUT2D eigenvalue weighted by Gasteiger charge is -2.36. The van der Waals surface area contributed by atoms with Crippen molar-refractivity contribution in [2.24, 2.45) is 0 Å². The Morgan fingerprint density at radius 2 is 1.72 bits per heavy atom. The quantitative estimate of drug-likeness (QED) is 0.430. The Kier molecular flexibility index (Phi) is 6.59. The van der Waals surface area contributed by atoms with Gasteiger partial charge in [0, 0.05) is 34.9 Å². The highest BCUT2D eigenvalue weighted by Gasteiger charge is 2.43. The molecule has 3 aromatic rings. The molecule has 6 rings (SSSR count). The monoisotopic (exact) mass is 525 g/mol. The average Bonchev–Trinajstić information content (AvgIpc) is 3.45. The lowest BCUT2D eigenvalue weighted by molar-refractivity contribution is -0.144. The normalized spacial score (nSPS) is 21.6. The number of esters is 1. The summed E-state index contributed by atoms with van der Waals surface area (Å²) in [7, 11) is 1.62. The number of methoxy groups -OCH3 is 1. The van der Waals surface area contributed by atoms with Gasteiger partial charge in [-0.3, -0.25) is 9.59 Å². The van der Waals surface area contributed by atoms with E-state index in [2.05, 4.69) is 5.32 Å². The molecule has 2 aliphatic carbocycles. The van der Waals surface area contributed by atoms with Crippen molar-refractivity contribution in [1.82, 2.24) is 5.32 Å². The summed E-state index contributed by atoms with van der Waals surface area (Å²) >= 11 is 0. The lowest BCUT2D eigenvalue weighted by Crippen LogP contribution is -2.38. The molecule has 7 nitrogen and oxygen atoms in total. The van der Waals surface area contributed by atoms with Crippen LogP contribution in [-0.2, 0) is 14.3 Å². The summed E-state index contributed by atoms with van der Waals surface area (Å²) in [6.07, 6.45) is 5.71. The number of para-hydroxylation sites is 2. The van der Waals surface area contributed by atoms with Crippen LogP contribution in [0.4, 0.5) is 0 Å². The SMILES string of the molecule is COc1ccccc1[C@@H]1CC(=O)C2=C(C1)NC(C)=C(C(=O)OC1CCCC1)[C@H]2c1coc2ccccc2c1=O. The molecule has 7 heteroatoms. The Labute approximate surface area is 226 Å². The van der Waals surface area contributed by atoms with Crippen molar-refractivity contribution in [2.45, 2.75) is 63.4 Å². The number of dihydropyridines is 1. The lowest BCUT2D eigenvalue weighted by atomic mass is 9.71. The molecule has 200 valence electrons. The zero-order chi connectivity index (χ0) is 27.1. The number of fused-ring (bicyclic) bond motifs is 1. The Hall–Kier alpha value is -4.13. The molecule has 1 aromatic heterocycles. The van der Waals surface area contributed by atoms with Gasteiger partial charge < -0.3 is 19.2 Å². The summed E-state index contributed by atoms with van der Waals surface area (Å²) in [5.41, 5.74) is 3.46. The standard InChI is InChI=1S/C32H31NO6/c1-18-28(32(36)39-20-9-3-4-10-20)29(23-17-38-27-14-8-6-12-22(27)31(23)35)30-24(33-18)15-19(16-25(30)34)21-11-5-7-13-26(21)37-2/h5-8,11-14,17,19-20,29,33H,3-4,9-10,15-16H2,1-2H3/t19-,29+/m0/s1. The molecule has 0 unspecified atom stereocenters. The minimum absolute atomic E-state index is 0.103. The number of carbonyl (C=O) groups excluding carboxylic acids is 2. The molecule has 0 radical (unpaired) electrons. The number of ketones is 1. The first-order valence-electron chi connectivity index (χ1n) is 13.5. The molecular formula is C32H31NO6. The second kappa shape index (κ2) is 10.2. The van der Waals surface area contributed by atoms with Crippen LogP contribution in [0.25, 0.3) is 11.0 Å². The van der Waals surface area contributed by atoms with Crippen LogP contribution < -0.4 is 15.5 Å². The van der Waals surface area contributed by atoms with Gasteiger partial charge in [-0.2, -0.15) is 0 Å². The first kappa shape index (κ1) is 25.2. The van der Waals surface area contributed by atoms with E-state index in [4.69, 9.17) is 13.9 Å². The van der Waals surface area contributed by atoms with Crippen LogP contribution in [0.5, 0.6) is 5.75 Å². The maximum Gasteiger partial charge on any atom is 0.337 e. The number of allylic oxidation sites excluding steroid dienone is 3. The van der Waals surface area contributed by atoms with Gasteiger partial charge in [-0.05, 0) is 62.8 Å². The average molecular weight is 526 g/mol. The van der Waals surface area contributed by atoms with E-state index < -0.39 is 11.9 Å². The van der Waals surface area contributed by atoms with Gasteiger partial charge in [-0.1, -0.05) is 30.3 Å². The molecule has 1 aliphatic heterocycles. The molecule has 2 aromatic carbocycles. The van der Waals surface area contributed by atoms with Gasteiger partial charge in [0.1, 0.15) is 17.4 Å². The molecule has 2 heterocycles. The zero-order valence-electron chi connectivity index (χ0n) is 22.1. The second-order valence-electron chi connectivity index (χ2n) is 10.6. The summed E-state index contributed by atoms with van der Waals surface area (Å²) < 4.78 is 17.4. The number of carbonyl (C=O) groups is 2. The van der Waals surface area contributed by atoms with Crippen molar-refractivity contribution in [3.63, 3.8) is 0 Å². The van der Waals surface area contributed by atoms with E-state index in [1.165, 1.54) is 6.26 Å². The molecule has 39 heavy (non-hydrogen) atoms. The number of rotatable bonds is 5. The van der Waals surface area contributed by atoms with Gasteiger partial charge in [0.25, 0.3) is 0 Å². The van der Waals surface area contributed by atoms with Crippen LogP contribution in [0.3, 0.4) is 0 Å². The third-order valence-electron chi connectivity index (χ3n) is 8.22. The van der Waals surface area contributed by atoms with Crippen LogP contribution in [0.1, 0.15) is 68.4 Å². The second-order valence-corrected chi connectivity index (χ2v) is 10.6. The number of ether oxygens (including phenoxy) is 2. The Morgan fingerprint density at radius 1 is 0.974 bits per heavy atom. The smallest absolute Gasteiger partial charge is 0.337 e. The summed E-state index contributed by atoms with van der Waals surface area (Å²) in [4.78, 5) is 41.4. The molecule has 1 saturated carbocycles. The van der Waals surface area contributed by atoms with Crippen molar-refractivity contribution in [3.05, 3.63) is 98.7 Å². The van der Waals surface area contributed by atoms with Crippen LogP contribution in [-0.4, -0.2) is 25.0 Å². The number of hydrogen-bond acceptors (Lipinski definition) is 7. The van der Waals surface area contributed by atoms with Crippen LogP contribution >= 0.6 is 0 Å². The molecule has 0 saturated heterocycles. The topological polar surface area (TPSA) is 94.8 Å². The van der Waals surface area contributed by atoms with Crippen molar-refractivity contribution < 1.29 is 23.5 Å². The van der Waals surface area contributed by atoms with Crippen molar-refractivity contribution >= 4 is 22.7 Å². The first-order chi connectivity index (χ1) is 19.0. The minimum atomic E-state index is -0.873. The fourth-order valence-electron chi connectivity index (χ4n) is 6.36. The number of benzene rings is 2. The van der Waals surface area contributed by atoms with E-state index in [1.54, 1.807) is 31.4 Å². The molecule has 1 fully saturated rings. The fraction of sp³-hybridized carbons (Fsp3) is 0.344. The van der Waals surface area contributed by atoms with Crippen molar-refractivity contribution in [1.29, 1.82) is 0 Å². The molecule has 0 spiro atoms. The summed E-state index contributed by atoms with van der Waals surface area (Å²) in [5, 5.41) is 3.77.